The second kappa shape index (κ2) is 7.98. The van der Waals surface area contributed by atoms with E-state index in [9.17, 15) is 4.79 Å². The van der Waals surface area contributed by atoms with Gasteiger partial charge in [0.25, 0.3) is 0 Å². The van der Waals surface area contributed by atoms with E-state index in [2.05, 4.69) is 18.2 Å². The van der Waals surface area contributed by atoms with Crippen LogP contribution in [0.3, 0.4) is 0 Å². The van der Waals surface area contributed by atoms with Gasteiger partial charge in [-0.2, -0.15) is 0 Å². The summed E-state index contributed by atoms with van der Waals surface area (Å²) in [5.74, 6) is -0.219. The molecular formula is C18H25ClO3. The van der Waals surface area contributed by atoms with E-state index in [1.165, 1.54) is 31.9 Å². The number of carbonyl (C=O) groups is 1. The fourth-order valence-corrected chi connectivity index (χ4v) is 2.90. The molecule has 1 saturated heterocycles. The van der Waals surface area contributed by atoms with Crippen LogP contribution in [0.4, 0.5) is 0 Å². The summed E-state index contributed by atoms with van der Waals surface area (Å²) in [7, 11) is 1.42. The molecule has 0 aliphatic carbocycles. The molecule has 2 rings (SSSR count). The molecule has 22 heavy (non-hydrogen) atoms. The van der Waals surface area contributed by atoms with E-state index in [-0.39, 0.29) is 5.97 Å². The van der Waals surface area contributed by atoms with Crippen LogP contribution >= 0.6 is 11.6 Å². The van der Waals surface area contributed by atoms with Crippen molar-refractivity contribution in [3.05, 3.63) is 34.3 Å². The lowest BCUT2D eigenvalue weighted by Crippen LogP contribution is -2.25. The van der Waals surface area contributed by atoms with E-state index in [0.29, 0.717) is 6.61 Å². The van der Waals surface area contributed by atoms with Crippen molar-refractivity contribution < 1.29 is 14.3 Å². The average Bonchev–Trinajstić information content (AvgIpc) is 3.30. The van der Waals surface area contributed by atoms with E-state index >= 15 is 0 Å². The van der Waals surface area contributed by atoms with E-state index in [4.69, 9.17) is 21.1 Å². The Morgan fingerprint density at radius 2 is 1.95 bits per heavy atom. The summed E-state index contributed by atoms with van der Waals surface area (Å²) in [6.07, 6.45) is 7.59. The van der Waals surface area contributed by atoms with Crippen molar-refractivity contribution in [2.75, 3.05) is 13.7 Å². The molecule has 1 fully saturated rings. The lowest BCUT2D eigenvalue weighted by molar-refractivity contribution is -0.147. The molecule has 0 bridgehead atoms. The van der Waals surface area contributed by atoms with Crippen molar-refractivity contribution in [3.8, 4) is 0 Å². The maximum atomic E-state index is 11.5. The summed E-state index contributed by atoms with van der Waals surface area (Å²) in [6.45, 7) is 2.55. The Hall–Kier alpha value is -1.06. The summed E-state index contributed by atoms with van der Waals surface area (Å²) >= 11 is 6.13. The first kappa shape index (κ1) is 17.3. The maximum absolute atomic E-state index is 11.5. The normalized spacial score (nSPS) is 20.0. The first-order chi connectivity index (χ1) is 10.6. The van der Waals surface area contributed by atoms with Crippen molar-refractivity contribution in [2.45, 2.75) is 57.5 Å². The largest absolute Gasteiger partial charge is 0.467 e. The number of carbonyl (C=O) groups excluding carboxylic acids is 1. The Morgan fingerprint density at radius 1 is 1.27 bits per heavy atom. The van der Waals surface area contributed by atoms with Gasteiger partial charge in [-0.3, -0.25) is 0 Å². The van der Waals surface area contributed by atoms with Crippen LogP contribution in [0.15, 0.2) is 18.2 Å². The number of benzene rings is 1. The van der Waals surface area contributed by atoms with Crippen molar-refractivity contribution in [1.82, 2.24) is 0 Å². The molecule has 1 aliphatic rings. The highest BCUT2D eigenvalue weighted by atomic mass is 35.5. The Bertz CT molecular complexity index is 509. The van der Waals surface area contributed by atoms with Crippen molar-refractivity contribution in [3.63, 3.8) is 0 Å². The second-order valence-corrected chi connectivity index (χ2v) is 6.53. The first-order valence-corrected chi connectivity index (χ1v) is 8.42. The third-order valence-electron chi connectivity index (χ3n) is 4.33. The molecule has 0 N–H and O–H groups in total. The van der Waals surface area contributed by atoms with Crippen LogP contribution < -0.4 is 0 Å². The van der Waals surface area contributed by atoms with Crippen LogP contribution in [0.25, 0.3) is 0 Å². The van der Waals surface area contributed by atoms with Gasteiger partial charge in [-0.25, -0.2) is 4.79 Å². The van der Waals surface area contributed by atoms with Crippen molar-refractivity contribution >= 4 is 17.6 Å². The van der Waals surface area contributed by atoms with Crippen molar-refractivity contribution in [2.24, 2.45) is 0 Å². The molecule has 4 heteroatoms. The van der Waals surface area contributed by atoms with E-state index < -0.39 is 5.60 Å². The van der Waals surface area contributed by atoms with Crippen LogP contribution in [-0.4, -0.2) is 25.3 Å². The van der Waals surface area contributed by atoms with Gasteiger partial charge < -0.3 is 9.47 Å². The molecule has 0 amide bonds. The average molecular weight is 325 g/mol. The molecule has 1 aromatic carbocycles. The summed E-state index contributed by atoms with van der Waals surface area (Å²) in [6, 6.07) is 6.31. The highest BCUT2D eigenvalue weighted by molar-refractivity contribution is 6.31. The predicted octanol–water partition coefficient (Wildman–Crippen LogP) is 4.47. The van der Waals surface area contributed by atoms with Gasteiger partial charge in [-0.15, -0.1) is 0 Å². The molecule has 1 atom stereocenters. The third kappa shape index (κ3) is 4.72. The molecule has 0 radical (unpaired) electrons. The SMILES string of the molecule is COC(=O)C1(CCCCCCCc2ccc(C)c(Cl)c2)CO1. The minimum Gasteiger partial charge on any atom is -0.467 e. The minimum absolute atomic E-state index is 0.219. The predicted molar refractivity (Wildman–Crippen MR) is 88.3 cm³/mol. The van der Waals surface area contributed by atoms with Gasteiger partial charge in [-0.05, 0) is 49.8 Å². The summed E-state index contributed by atoms with van der Waals surface area (Å²) in [5.41, 5.74) is 1.84. The van der Waals surface area contributed by atoms with Gasteiger partial charge in [0.2, 0.25) is 0 Å². The zero-order valence-electron chi connectivity index (χ0n) is 13.5. The molecule has 122 valence electrons. The zero-order chi connectivity index (χ0) is 16.0. The number of hydrogen-bond donors (Lipinski definition) is 0. The van der Waals surface area contributed by atoms with Gasteiger partial charge in [0, 0.05) is 5.02 Å². The van der Waals surface area contributed by atoms with Crippen LogP contribution in [0.5, 0.6) is 0 Å². The number of aryl methyl sites for hydroxylation is 2. The highest BCUT2D eigenvalue weighted by Gasteiger charge is 2.52. The molecule has 1 aliphatic heterocycles. The molecule has 0 aromatic heterocycles. The number of esters is 1. The Balaban J connectivity index is 1.54. The summed E-state index contributed by atoms with van der Waals surface area (Å²) in [4.78, 5) is 11.5. The zero-order valence-corrected chi connectivity index (χ0v) is 14.2. The van der Waals surface area contributed by atoms with Crippen LogP contribution in [-0.2, 0) is 20.7 Å². The molecule has 0 spiro atoms. The van der Waals surface area contributed by atoms with E-state index in [1.807, 2.05) is 6.92 Å². The Labute approximate surface area is 137 Å². The second-order valence-electron chi connectivity index (χ2n) is 6.13. The molecule has 0 saturated carbocycles. The highest BCUT2D eigenvalue weighted by Crippen LogP contribution is 2.34. The third-order valence-corrected chi connectivity index (χ3v) is 4.74. The molecule has 3 nitrogen and oxygen atoms in total. The van der Waals surface area contributed by atoms with E-state index in [1.54, 1.807) is 0 Å². The fraction of sp³-hybridized carbons (Fsp3) is 0.611. The number of methoxy groups -OCH3 is 1. The molecule has 1 unspecified atom stereocenters. The standard InChI is InChI=1S/C18H25ClO3/c1-14-9-10-15(12-16(14)19)8-6-4-3-5-7-11-18(13-22-18)17(20)21-2/h9-10,12H,3-8,11,13H2,1-2H3. The van der Waals surface area contributed by atoms with Crippen LogP contribution in [0.2, 0.25) is 5.02 Å². The number of ether oxygens (including phenoxy) is 2. The monoisotopic (exact) mass is 324 g/mol. The van der Waals surface area contributed by atoms with Crippen LogP contribution in [0.1, 0.15) is 49.7 Å². The fourth-order valence-electron chi connectivity index (χ4n) is 2.70. The molecule has 1 aromatic rings. The smallest absolute Gasteiger partial charge is 0.340 e. The van der Waals surface area contributed by atoms with Crippen LogP contribution in [0, 0.1) is 6.92 Å². The quantitative estimate of drug-likeness (QED) is 0.382. The lowest BCUT2D eigenvalue weighted by Gasteiger charge is -2.09. The van der Waals surface area contributed by atoms with Gasteiger partial charge in [0.05, 0.1) is 13.7 Å². The Morgan fingerprint density at radius 3 is 2.59 bits per heavy atom. The number of epoxide rings is 1. The topological polar surface area (TPSA) is 38.8 Å². The summed E-state index contributed by atoms with van der Waals surface area (Å²) in [5, 5.41) is 0.857. The number of halogens is 1. The first-order valence-electron chi connectivity index (χ1n) is 8.05. The lowest BCUT2D eigenvalue weighted by atomic mass is 10.00. The van der Waals surface area contributed by atoms with Crippen molar-refractivity contribution in [1.29, 1.82) is 0 Å². The Kier molecular flexibility index (Phi) is 6.27. The molecular weight excluding hydrogens is 300 g/mol. The van der Waals surface area contributed by atoms with E-state index in [0.717, 1.165) is 36.3 Å². The number of hydrogen-bond acceptors (Lipinski definition) is 3. The van der Waals surface area contributed by atoms with Gasteiger partial charge in [0.15, 0.2) is 5.60 Å². The number of unbranched alkanes of at least 4 members (excludes halogenated alkanes) is 4. The van der Waals surface area contributed by atoms with Gasteiger partial charge in [0.1, 0.15) is 0 Å². The summed E-state index contributed by atoms with van der Waals surface area (Å²) < 4.78 is 10.0. The number of rotatable bonds is 9. The molecule has 1 heterocycles. The van der Waals surface area contributed by atoms with Gasteiger partial charge >= 0.3 is 5.97 Å². The van der Waals surface area contributed by atoms with Gasteiger partial charge in [-0.1, -0.05) is 43.0 Å². The minimum atomic E-state index is -0.604. The maximum Gasteiger partial charge on any atom is 0.340 e.